The molecule has 3 amide bonds. The zero-order chi connectivity index (χ0) is 22.4. The van der Waals surface area contributed by atoms with Gasteiger partial charge in [0.15, 0.2) is 0 Å². The number of nitrogens with zero attached hydrogens (tertiary/aromatic N) is 2. The Labute approximate surface area is 193 Å². The average molecular weight is 450 g/mol. The molecule has 3 N–H and O–H groups in total. The fourth-order valence-electron chi connectivity index (χ4n) is 8.97. The predicted octanol–water partition coefficient (Wildman–Crippen LogP) is 1.99. The van der Waals surface area contributed by atoms with Gasteiger partial charge in [-0.3, -0.25) is 15.0 Å². The molecular weight excluding hydrogens is 418 g/mol. The van der Waals surface area contributed by atoms with Crippen molar-refractivity contribution in [2.24, 2.45) is 11.8 Å². The lowest BCUT2D eigenvalue weighted by Gasteiger charge is -2.64. The molecule has 2 aliphatic heterocycles. The van der Waals surface area contributed by atoms with Crippen LogP contribution in [0.4, 0.5) is 4.79 Å². The van der Waals surface area contributed by atoms with Crippen molar-refractivity contribution in [2.45, 2.75) is 79.4 Å². The van der Waals surface area contributed by atoms with Gasteiger partial charge >= 0.3 is 6.03 Å². The number of benzene rings is 1. The molecule has 1 aromatic carbocycles. The number of hydrogen-bond acceptors (Lipinski definition) is 5. The zero-order valence-electron chi connectivity index (χ0n) is 18.8. The quantitative estimate of drug-likeness (QED) is 0.612. The van der Waals surface area contributed by atoms with Crippen LogP contribution in [0.25, 0.3) is 0 Å². The van der Waals surface area contributed by atoms with Gasteiger partial charge in [-0.25, -0.2) is 4.79 Å². The second-order valence-electron chi connectivity index (χ2n) is 12.4. The minimum Gasteiger partial charge on any atom is -0.508 e. The summed E-state index contributed by atoms with van der Waals surface area (Å²) in [5.41, 5.74) is -0.304. The molecule has 7 nitrogen and oxygen atoms in total. The third kappa shape index (κ3) is 2.07. The molecule has 8 rings (SSSR count). The van der Waals surface area contributed by atoms with Crippen LogP contribution in [-0.4, -0.2) is 68.8 Å². The van der Waals surface area contributed by atoms with E-state index in [4.69, 9.17) is 0 Å². The van der Waals surface area contributed by atoms with Crippen LogP contribution in [0.15, 0.2) is 18.2 Å². The molecule has 33 heavy (non-hydrogen) atoms. The molecule has 1 aromatic rings. The van der Waals surface area contributed by atoms with Gasteiger partial charge in [-0.2, -0.15) is 0 Å². The summed E-state index contributed by atoms with van der Waals surface area (Å²) in [7, 11) is 0. The van der Waals surface area contributed by atoms with E-state index in [1.54, 1.807) is 6.07 Å². The first-order chi connectivity index (χ1) is 15.8. The molecule has 7 heteroatoms. The van der Waals surface area contributed by atoms with Crippen LogP contribution in [0, 0.1) is 11.8 Å². The van der Waals surface area contributed by atoms with Gasteiger partial charge in [-0.1, -0.05) is 6.07 Å². The molecule has 7 aliphatic rings. The summed E-state index contributed by atoms with van der Waals surface area (Å²) in [6.45, 7) is 2.62. The number of amides is 3. The first kappa shape index (κ1) is 19.2. The maximum atomic E-state index is 13.4. The number of imide groups is 1. The van der Waals surface area contributed by atoms with Gasteiger partial charge < -0.3 is 15.1 Å². The third-order valence-corrected chi connectivity index (χ3v) is 10.6. The highest BCUT2D eigenvalue weighted by atomic mass is 16.3. The van der Waals surface area contributed by atoms with Crippen LogP contribution in [0.1, 0.15) is 62.5 Å². The van der Waals surface area contributed by atoms with Gasteiger partial charge in [-0.15, -0.1) is 0 Å². The van der Waals surface area contributed by atoms with Crippen molar-refractivity contribution in [2.75, 3.05) is 19.6 Å². The number of hydrogen-bond donors (Lipinski definition) is 3. The molecule has 5 atom stereocenters. The summed E-state index contributed by atoms with van der Waals surface area (Å²) in [5.74, 6) is 1.25. The lowest BCUT2D eigenvalue weighted by atomic mass is 9.52. The number of nitrogens with one attached hydrogen (secondary N) is 1. The van der Waals surface area contributed by atoms with Crippen LogP contribution in [0.5, 0.6) is 5.75 Å². The van der Waals surface area contributed by atoms with E-state index in [1.807, 2.05) is 11.0 Å². The van der Waals surface area contributed by atoms with Crippen molar-refractivity contribution in [1.29, 1.82) is 0 Å². The number of carbonyl (C=O) groups is 2. The van der Waals surface area contributed by atoms with Gasteiger partial charge in [0.2, 0.25) is 0 Å². The van der Waals surface area contributed by atoms with Gasteiger partial charge in [0.05, 0.1) is 11.6 Å². The Morgan fingerprint density at radius 1 is 1.00 bits per heavy atom. The fourth-order valence-corrected chi connectivity index (χ4v) is 8.97. The SMILES string of the molecule is O=C1NC(=O)[C@@]2(CC[C@@]3(O)[C@@H]4N(CC5CC5)CC45C[C@@]3(C2)c2cc(O)ccc25)N1CC1CC1. The maximum Gasteiger partial charge on any atom is 0.325 e. The van der Waals surface area contributed by atoms with Gasteiger partial charge in [0.1, 0.15) is 11.3 Å². The van der Waals surface area contributed by atoms with Crippen molar-refractivity contribution in [1.82, 2.24) is 15.1 Å². The van der Waals surface area contributed by atoms with Crippen LogP contribution in [-0.2, 0) is 15.6 Å². The Bertz CT molecular complexity index is 1130. The van der Waals surface area contributed by atoms with Crippen LogP contribution >= 0.6 is 0 Å². The molecule has 6 fully saturated rings. The number of phenolic OH excluding ortho intramolecular Hbond substituents is 1. The normalized spacial score (nSPS) is 45.1. The first-order valence-electron chi connectivity index (χ1n) is 12.7. The predicted molar refractivity (Wildman–Crippen MR) is 119 cm³/mol. The number of likely N-dealkylation sites (tertiary alicyclic amines) is 1. The first-order valence-corrected chi connectivity index (χ1v) is 12.7. The molecule has 0 radical (unpaired) electrons. The molecule has 2 saturated heterocycles. The van der Waals surface area contributed by atoms with Gasteiger partial charge in [-0.05, 0) is 86.5 Å². The summed E-state index contributed by atoms with van der Waals surface area (Å²) >= 11 is 0. The van der Waals surface area contributed by atoms with Crippen molar-refractivity contribution in [3.63, 3.8) is 0 Å². The minimum absolute atomic E-state index is 0.0667. The highest BCUT2D eigenvalue weighted by Crippen LogP contribution is 2.75. The van der Waals surface area contributed by atoms with Crippen LogP contribution in [0.3, 0.4) is 0 Å². The summed E-state index contributed by atoms with van der Waals surface area (Å²) in [6.07, 6.45) is 7.07. The number of phenols is 1. The van der Waals surface area contributed by atoms with E-state index in [0.29, 0.717) is 31.7 Å². The van der Waals surface area contributed by atoms with Crippen molar-refractivity contribution >= 4 is 11.9 Å². The Morgan fingerprint density at radius 2 is 1.76 bits per heavy atom. The molecule has 0 aromatic heterocycles. The highest BCUT2D eigenvalue weighted by molar-refractivity contribution is 6.07. The van der Waals surface area contributed by atoms with Gasteiger partial charge in [0, 0.05) is 30.5 Å². The summed E-state index contributed by atoms with van der Waals surface area (Å²) < 4.78 is 0. The molecule has 3 spiro atoms. The Kier molecular flexibility index (Phi) is 3.24. The summed E-state index contributed by atoms with van der Waals surface area (Å²) in [4.78, 5) is 30.6. The van der Waals surface area contributed by atoms with Crippen molar-refractivity contribution in [3.8, 4) is 5.75 Å². The molecule has 174 valence electrons. The molecule has 5 aliphatic carbocycles. The standard InChI is InChI=1S/C26H31N3O4/c30-17-5-6-18-19(9-17)24-12-23(18)14-28(10-15-1-2-15)20(23)26(24,33)8-7-25(13-24)21(31)27-22(32)29(25)11-16-3-4-16/h5-6,9,15-16,20,30,33H,1-4,7-8,10-14H2,(H,27,31,32)/t20-,23?,24-,25+,26-/m1/s1. The van der Waals surface area contributed by atoms with E-state index in [9.17, 15) is 19.8 Å². The van der Waals surface area contributed by atoms with Crippen LogP contribution < -0.4 is 5.32 Å². The maximum absolute atomic E-state index is 13.4. The summed E-state index contributed by atoms with van der Waals surface area (Å²) in [5, 5.41) is 25.6. The second-order valence-corrected chi connectivity index (χ2v) is 12.4. The molecule has 2 bridgehead atoms. The Balaban J connectivity index is 1.28. The Morgan fingerprint density at radius 3 is 2.52 bits per heavy atom. The number of aromatic hydroxyl groups is 1. The largest absolute Gasteiger partial charge is 0.508 e. The van der Waals surface area contributed by atoms with Crippen LogP contribution in [0.2, 0.25) is 0 Å². The molecule has 2 heterocycles. The lowest BCUT2D eigenvalue weighted by molar-refractivity contribution is -0.166. The Hall–Kier alpha value is -2.12. The fraction of sp³-hybridized carbons (Fsp3) is 0.692. The smallest absolute Gasteiger partial charge is 0.325 e. The van der Waals surface area contributed by atoms with Gasteiger partial charge in [0.25, 0.3) is 5.91 Å². The van der Waals surface area contributed by atoms with Crippen molar-refractivity contribution < 1.29 is 19.8 Å². The third-order valence-electron chi connectivity index (χ3n) is 10.6. The monoisotopic (exact) mass is 449 g/mol. The van der Waals surface area contributed by atoms with E-state index in [2.05, 4.69) is 16.3 Å². The number of urea groups is 1. The second kappa shape index (κ2) is 5.57. The van der Waals surface area contributed by atoms with Crippen molar-refractivity contribution in [3.05, 3.63) is 29.3 Å². The highest BCUT2D eigenvalue weighted by Gasteiger charge is 2.83. The zero-order valence-corrected chi connectivity index (χ0v) is 18.8. The van der Waals surface area contributed by atoms with E-state index < -0.39 is 16.6 Å². The van der Waals surface area contributed by atoms with E-state index in [-0.39, 0.29) is 29.1 Å². The van der Waals surface area contributed by atoms with E-state index in [1.165, 1.54) is 18.4 Å². The number of carbonyl (C=O) groups excluding carboxylic acids is 2. The average Bonchev–Trinajstić information content (AvgIpc) is 3.67. The lowest BCUT2D eigenvalue weighted by Crippen LogP contribution is -2.76. The molecule has 4 saturated carbocycles. The molecular formula is C26H31N3O4. The minimum atomic E-state index is -0.941. The van der Waals surface area contributed by atoms with E-state index in [0.717, 1.165) is 43.8 Å². The number of fused-ring (bicyclic) bond motifs is 2. The summed E-state index contributed by atoms with van der Waals surface area (Å²) in [6, 6.07) is 5.47. The van der Waals surface area contributed by atoms with E-state index >= 15 is 0 Å². The number of rotatable bonds is 4. The topological polar surface area (TPSA) is 93.1 Å². The number of aliphatic hydroxyl groups is 1. The molecule has 1 unspecified atom stereocenters.